The predicted octanol–water partition coefficient (Wildman–Crippen LogP) is 3.32. The summed E-state index contributed by atoms with van der Waals surface area (Å²) in [7, 11) is 0. The van der Waals surface area contributed by atoms with Gasteiger partial charge in [0.2, 0.25) is 0 Å². The molecule has 21 heavy (non-hydrogen) atoms. The van der Waals surface area contributed by atoms with Gasteiger partial charge >= 0.3 is 6.36 Å². The molecule has 1 aromatic rings. The van der Waals surface area contributed by atoms with Crippen molar-refractivity contribution in [3.05, 3.63) is 31.2 Å². The quantitative estimate of drug-likeness (QED) is 0.830. The minimum absolute atomic E-state index is 0.180. The van der Waals surface area contributed by atoms with Crippen LogP contribution in [0, 0.1) is 6.92 Å². The van der Waals surface area contributed by atoms with Crippen LogP contribution < -0.4 is 9.64 Å². The van der Waals surface area contributed by atoms with E-state index in [9.17, 15) is 13.2 Å². The summed E-state index contributed by atoms with van der Waals surface area (Å²) >= 11 is 0. The van der Waals surface area contributed by atoms with E-state index in [1.54, 1.807) is 12.1 Å². The number of hydrogen-bond donors (Lipinski definition) is 0. The van der Waals surface area contributed by atoms with Gasteiger partial charge in [0, 0.05) is 31.9 Å². The van der Waals surface area contributed by atoms with E-state index in [1.807, 2.05) is 0 Å². The average molecular weight is 301 g/mol. The Labute approximate surface area is 123 Å². The molecule has 0 aromatic heterocycles. The van der Waals surface area contributed by atoms with Crippen LogP contribution in [-0.2, 0) is 0 Å². The molecule has 0 unspecified atom stereocenters. The molecule has 1 radical (unpaired) electrons. The van der Waals surface area contributed by atoms with Crippen LogP contribution in [0.5, 0.6) is 5.75 Å². The van der Waals surface area contributed by atoms with E-state index >= 15 is 0 Å². The van der Waals surface area contributed by atoms with E-state index in [4.69, 9.17) is 0 Å². The van der Waals surface area contributed by atoms with Crippen molar-refractivity contribution in [2.45, 2.75) is 19.2 Å². The molecule has 0 amide bonds. The van der Waals surface area contributed by atoms with E-state index < -0.39 is 6.36 Å². The molecule has 3 nitrogen and oxygen atoms in total. The van der Waals surface area contributed by atoms with E-state index in [0.29, 0.717) is 0 Å². The van der Waals surface area contributed by atoms with Crippen LogP contribution in [0.25, 0.3) is 0 Å². The maximum atomic E-state index is 12.1. The number of halogens is 3. The normalized spacial score (nSPS) is 17.0. The lowest BCUT2D eigenvalue weighted by atomic mass is 10.2. The Morgan fingerprint density at radius 3 is 2.19 bits per heavy atom. The summed E-state index contributed by atoms with van der Waals surface area (Å²) in [5.74, 6) is -0.180. The fraction of sp³-hybridized carbons (Fsp3) is 0.533. The monoisotopic (exact) mass is 301 g/mol. The molecule has 1 fully saturated rings. The Morgan fingerprint density at radius 2 is 1.67 bits per heavy atom. The van der Waals surface area contributed by atoms with E-state index in [1.165, 1.54) is 12.1 Å². The van der Waals surface area contributed by atoms with Gasteiger partial charge in [-0.3, -0.25) is 4.90 Å². The smallest absolute Gasteiger partial charge is 0.406 e. The first-order valence-corrected chi connectivity index (χ1v) is 7.10. The van der Waals surface area contributed by atoms with Gasteiger partial charge in [0.25, 0.3) is 0 Å². The SMILES string of the molecule is [CH2]CCCN1CCN(c2ccc(OC(F)(F)F)cc2)CC1. The molecular formula is C15H20F3N2O. The van der Waals surface area contributed by atoms with Crippen molar-refractivity contribution in [3.63, 3.8) is 0 Å². The lowest BCUT2D eigenvalue weighted by Gasteiger charge is -2.36. The Bertz CT molecular complexity index is 426. The highest BCUT2D eigenvalue weighted by molar-refractivity contribution is 5.49. The third-order valence-corrected chi connectivity index (χ3v) is 3.53. The molecule has 1 saturated heterocycles. The molecule has 6 heteroatoms. The third-order valence-electron chi connectivity index (χ3n) is 3.53. The van der Waals surface area contributed by atoms with Gasteiger partial charge in [0.05, 0.1) is 0 Å². The maximum absolute atomic E-state index is 12.1. The number of alkyl halides is 3. The van der Waals surface area contributed by atoms with Gasteiger partial charge in [-0.05, 0) is 37.2 Å². The minimum Gasteiger partial charge on any atom is -0.406 e. The van der Waals surface area contributed by atoms with Gasteiger partial charge in [0.15, 0.2) is 0 Å². The number of unbranched alkanes of at least 4 members (excludes halogenated alkanes) is 1. The highest BCUT2D eigenvalue weighted by Crippen LogP contribution is 2.25. The summed E-state index contributed by atoms with van der Waals surface area (Å²) in [6, 6.07) is 6.06. The van der Waals surface area contributed by atoms with E-state index in [-0.39, 0.29) is 5.75 Å². The zero-order chi connectivity index (χ0) is 15.3. The first-order valence-electron chi connectivity index (χ1n) is 7.10. The molecule has 0 saturated carbocycles. The standard InChI is InChI=1S/C15H20F3N2O/c1-2-3-8-19-9-11-20(12-10-19)13-4-6-14(7-5-13)21-15(16,17)18/h4-7H,1-3,8-12H2. The van der Waals surface area contributed by atoms with Gasteiger partial charge in [-0.2, -0.15) is 0 Å². The number of hydrogen-bond acceptors (Lipinski definition) is 3. The number of ether oxygens (including phenoxy) is 1. The minimum atomic E-state index is -4.64. The van der Waals surface area contributed by atoms with Gasteiger partial charge in [-0.1, -0.05) is 13.3 Å². The first kappa shape index (κ1) is 15.9. The van der Waals surface area contributed by atoms with Crippen molar-refractivity contribution in [3.8, 4) is 5.75 Å². The number of rotatable bonds is 5. The van der Waals surface area contributed by atoms with Crippen LogP contribution in [0.4, 0.5) is 18.9 Å². The predicted molar refractivity (Wildman–Crippen MR) is 76.4 cm³/mol. The van der Waals surface area contributed by atoms with Crippen LogP contribution in [0.3, 0.4) is 0 Å². The van der Waals surface area contributed by atoms with Crippen molar-refractivity contribution >= 4 is 5.69 Å². The molecule has 1 aromatic carbocycles. The zero-order valence-electron chi connectivity index (χ0n) is 11.9. The molecule has 2 rings (SSSR count). The highest BCUT2D eigenvalue weighted by atomic mass is 19.4. The highest BCUT2D eigenvalue weighted by Gasteiger charge is 2.31. The lowest BCUT2D eigenvalue weighted by Crippen LogP contribution is -2.46. The average Bonchev–Trinajstić information content (AvgIpc) is 2.45. The molecule has 1 heterocycles. The van der Waals surface area contributed by atoms with Crippen LogP contribution in [0.2, 0.25) is 0 Å². The third kappa shape index (κ3) is 5.12. The second kappa shape index (κ2) is 7.02. The Hall–Kier alpha value is -1.43. The number of nitrogens with zero attached hydrogens (tertiary/aromatic N) is 2. The van der Waals surface area contributed by atoms with Gasteiger partial charge in [0.1, 0.15) is 5.75 Å². The molecule has 0 aliphatic carbocycles. The lowest BCUT2D eigenvalue weighted by molar-refractivity contribution is -0.274. The van der Waals surface area contributed by atoms with E-state index in [2.05, 4.69) is 21.5 Å². The van der Waals surface area contributed by atoms with E-state index in [0.717, 1.165) is 51.3 Å². The molecule has 1 aliphatic rings. The van der Waals surface area contributed by atoms with Crippen molar-refractivity contribution in [1.82, 2.24) is 4.90 Å². The summed E-state index contributed by atoms with van der Waals surface area (Å²) < 4.78 is 40.2. The number of anilines is 1. The fourth-order valence-electron chi connectivity index (χ4n) is 2.42. The van der Waals surface area contributed by atoms with Crippen molar-refractivity contribution in [2.75, 3.05) is 37.6 Å². The Kier molecular flexibility index (Phi) is 5.33. The molecule has 0 N–H and O–H groups in total. The van der Waals surface area contributed by atoms with Crippen LogP contribution in [0.1, 0.15) is 12.8 Å². The first-order chi connectivity index (χ1) is 9.98. The summed E-state index contributed by atoms with van der Waals surface area (Å²) in [5, 5.41) is 0. The largest absolute Gasteiger partial charge is 0.573 e. The van der Waals surface area contributed by atoms with Gasteiger partial charge in [-0.15, -0.1) is 13.2 Å². The summed E-state index contributed by atoms with van der Waals surface area (Å²) in [5.41, 5.74) is 0.932. The number of piperazine rings is 1. The maximum Gasteiger partial charge on any atom is 0.573 e. The van der Waals surface area contributed by atoms with Gasteiger partial charge in [-0.25, -0.2) is 0 Å². The Morgan fingerprint density at radius 1 is 1.05 bits per heavy atom. The van der Waals surface area contributed by atoms with Gasteiger partial charge < -0.3 is 9.64 Å². The van der Waals surface area contributed by atoms with Crippen LogP contribution in [-0.4, -0.2) is 44.0 Å². The zero-order valence-corrected chi connectivity index (χ0v) is 11.9. The molecule has 117 valence electrons. The van der Waals surface area contributed by atoms with Crippen LogP contribution >= 0.6 is 0 Å². The Balaban J connectivity index is 1.86. The van der Waals surface area contributed by atoms with Crippen molar-refractivity contribution in [1.29, 1.82) is 0 Å². The molecule has 0 bridgehead atoms. The molecule has 1 aliphatic heterocycles. The number of benzene rings is 1. The summed E-state index contributed by atoms with van der Waals surface area (Å²) in [6.45, 7) is 8.62. The summed E-state index contributed by atoms with van der Waals surface area (Å²) in [4.78, 5) is 4.57. The van der Waals surface area contributed by atoms with Crippen molar-refractivity contribution in [2.24, 2.45) is 0 Å². The van der Waals surface area contributed by atoms with Crippen molar-refractivity contribution < 1.29 is 17.9 Å². The second-order valence-electron chi connectivity index (χ2n) is 5.08. The fourth-order valence-corrected chi connectivity index (χ4v) is 2.42. The van der Waals surface area contributed by atoms with Crippen LogP contribution in [0.15, 0.2) is 24.3 Å². The second-order valence-corrected chi connectivity index (χ2v) is 5.08. The topological polar surface area (TPSA) is 15.7 Å². The molecule has 0 spiro atoms. The molecular weight excluding hydrogens is 281 g/mol. The molecule has 0 atom stereocenters. The summed E-state index contributed by atoms with van der Waals surface area (Å²) in [6.07, 6.45) is -2.59.